The van der Waals surface area contributed by atoms with Crippen molar-refractivity contribution < 1.29 is 18.7 Å². The fourth-order valence-corrected chi connectivity index (χ4v) is 3.75. The first kappa shape index (κ1) is 19.1. The Morgan fingerprint density at radius 3 is 2.52 bits per heavy atom. The van der Waals surface area contributed by atoms with Gasteiger partial charge in [-0.15, -0.1) is 0 Å². The number of halogens is 1. The molecule has 3 rings (SSSR count). The van der Waals surface area contributed by atoms with Gasteiger partial charge in [0.15, 0.2) is 0 Å². The van der Waals surface area contributed by atoms with Crippen molar-refractivity contribution in [1.82, 2.24) is 4.90 Å². The number of benzene rings is 2. The van der Waals surface area contributed by atoms with Gasteiger partial charge in [0.05, 0.1) is 12.7 Å². The molecule has 0 aromatic heterocycles. The summed E-state index contributed by atoms with van der Waals surface area (Å²) in [6.07, 6.45) is 3.53. The quantitative estimate of drug-likeness (QED) is 0.741. The second-order valence-corrected chi connectivity index (χ2v) is 7.03. The van der Waals surface area contributed by atoms with Crippen LogP contribution in [0.1, 0.15) is 52.5 Å². The largest absolute Gasteiger partial charge is 0.465 e. The van der Waals surface area contributed by atoms with Crippen molar-refractivity contribution in [2.24, 2.45) is 0 Å². The minimum atomic E-state index is -0.452. The number of hydrogen-bond donors (Lipinski definition) is 0. The van der Waals surface area contributed by atoms with Crippen LogP contribution in [-0.4, -0.2) is 36.0 Å². The number of likely N-dealkylation sites (tertiary alicyclic amines) is 1. The highest BCUT2D eigenvalue weighted by atomic mass is 19.1. The van der Waals surface area contributed by atoms with Gasteiger partial charge in [-0.2, -0.15) is 0 Å². The molecule has 1 heterocycles. The number of hydrogen-bond acceptors (Lipinski definition) is 3. The van der Waals surface area contributed by atoms with Gasteiger partial charge in [0.25, 0.3) is 5.91 Å². The summed E-state index contributed by atoms with van der Waals surface area (Å²) in [5.74, 6) is -0.752. The topological polar surface area (TPSA) is 46.6 Å². The van der Waals surface area contributed by atoms with Crippen LogP contribution in [0.2, 0.25) is 0 Å². The lowest BCUT2D eigenvalue weighted by Gasteiger charge is -2.29. The molecular weight excluding hydrogens is 345 g/mol. The molecule has 2 aromatic rings. The van der Waals surface area contributed by atoms with Crippen molar-refractivity contribution in [1.29, 1.82) is 0 Å². The fraction of sp³-hybridized carbons (Fsp3) is 0.364. The van der Waals surface area contributed by atoms with Gasteiger partial charge >= 0.3 is 5.97 Å². The summed E-state index contributed by atoms with van der Waals surface area (Å²) in [6.45, 7) is 2.06. The molecule has 2 aromatic carbocycles. The van der Waals surface area contributed by atoms with Gasteiger partial charge in [-0.1, -0.05) is 18.2 Å². The lowest BCUT2D eigenvalue weighted by molar-refractivity contribution is 0.0600. The first-order valence-corrected chi connectivity index (χ1v) is 9.25. The second kappa shape index (κ2) is 8.33. The molecule has 4 nitrogen and oxygen atoms in total. The molecule has 0 aliphatic carbocycles. The molecule has 1 fully saturated rings. The minimum absolute atomic E-state index is 0.0603. The third kappa shape index (κ3) is 4.35. The number of nitrogens with zero attached hydrogens (tertiary/aromatic N) is 1. The van der Waals surface area contributed by atoms with E-state index in [1.54, 1.807) is 36.4 Å². The Bertz CT molecular complexity index is 819. The Morgan fingerprint density at radius 1 is 1.11 bits per heavy atom. The van der Waals surface area contributed by atoms with E-state index < -0.39 is 5.97 Å². The van der Waals surface area contributed by atoms with E-state index in [0.29, 0.717) is 11.1 Å². The molecular formula is C22H24FNO3. The van der Waals surface area contributed by atoms with Crippen LogP contribution < -0.4 is 0 Å². The molecule has 0 N–H and O–H groups in total. The Morgan fingerprint density at radius 2 is 1.81 bits per heavy atom. The summed E-state index contributed by atoms with van der Waals surface area (Å²) in [5.41, 5.74) is 1.94. The van der Waals surface area contributed by atoms with Gasteiger partial charge in [0, 0.05) is 17.6 Å². The van der Waals surface area contributed by atoms with E-state index in [4.69, 9.17) is 4.74 Å². The maximum absolute atomic E-state index is 13.1. The normalized spacial score (nSPS) is 19.1. The van der Waals surface area contributed by atoms with Crippen LogP contribution in [0.15, 0.2) is 48.5 Å². The summed E-state index contributed by atoms with van der Waals surface area (Å²) in [5, 5.41) is 0. The van der Waals surface area contributed by atoms with Gasteiger partial charge < -0.3 is 9.64 Å². The first-order chi connectivity index (χ1) is 13.0. The summed E-state index contributed by atoms with van der Waals surface area (Å²) >= 11 is 0. The van der Waals surface area contributed by atoms with Crippen molar-refractivity contribution in [3.05, 3.63) is 71.0 Å². The average Bonchev–Trinajstić information content (AvgIpc) is 3.06. The molecule has 0 radical (unpaired) electrons. The van der Waals surface area contributed by atoms with Crippen molar-refractivity contribution in [3.63, 3.8) is 0 Å². The molecule has 142 valence electrons. The predicted octanol–water partition coefficient (Wildman–Crippen LogP) is 4.24. The van der Waals surface area contributed by atoms with Crippen LogP contribution in [0.3, 0.4) is 0 Å². The van der Waals surface area contributed by atoms with Gasteiger partial charge in [-0.25, -0.2) is 9.18 Å². The second-order valence-electron chi connectivity index (χ2n) is 7.03. The molecule has 0 unspecified atom stereocenters. The third-order valence-corrected chi connectivity index (χ3v) is 5.23. The van der Waals surface area contributed by atoms with Crippen LogP contribution in [-0.2, 0) is 11.2 Å². The van der Waals surface area contributed by atoms with E-state index in [1.165, 1.54) is 19.2 Å². The number of rotatable bonds is 5. The highest BCUT2D eigenvalue weighted by molar-refractivity contribution is 5.98. The van der Waals surface area contributed by atoms with E-state index in [2.05, 4.69) is 6.92 Å². The van der Waals surface area contributed by atoms with E-state index in [9.17, 15) is 14.0 Å². The lowest BCUT2D eigenvalue weighted by Crippen LogP contribution is -2.40. The molecule has 1 aliphatic rings. The molecule has 0 saturated carbocycles. The third-order valence-electron chi connectivity index (χ3n) is 5.23. The number of ether oxygens (including phenoxy) is 1. The molecule has 2 atom stereocenters. The number of aryl methyl sites for hydroxylation is 1. The first-order valence-electron chi connectivity index (χ1n) is 9.25. The zero-order valence-electron chi connectivity index (χ0n) is 15.7. The lowest BCUT2D eigenvalue weighted by atomic mass is 10.0. The van der Waals surface area contributed by atoms with Crippen LogP contribution in [0.5, 0.6) is 0 Å². The van der Waals surface area contributed by atoms with Gasteiger partial charge in [-0.05, 0) is 68.5 Å². The number of carbonyl (C=O) groups is 2. The zero-order valence-corrected chi connectivity index (χ0v) is 15.7. The summed E-state index contributed by atoms with van der Waals surface area (Å²) in [4.78, 5) is 26.8. The van der Waals surface area contributed by atoms with Gasteiger partial charge in [-0.3, -0.25) is 4.79 Å². The van der Waals surface area contributed by atoms with Crippen LogP contribution in [0.25, 0.3) is 0 Å². The van der Waals surface area contributed by atoms with Crippen molar-refractivity contribution in [2.75, 3.05) is 7.11 Å². The van der Waals surface area contributed by atoms with Crippen LogP contribution in [0.4, 0.5) is 4.39 Å². The Kier molecular flexibility index (Phi) is 5.89. The highest BCUT2D eigenvalue weighted by Crippen LogP contribution is 2.29. The minimum Gasteiger partial charge on any atom is -0.465 e. The molecule has 1 saturated heterocycles. The van der Waals surface area contributed by atoms with E-state index in [-0.39, 0.29) is 23.8 Å². The van der Waals surface area contributed by atoms with E-state index >= 15 is 0 Å². The van der Waals surface area contributed by atoms with Crippen molar-refractivity contribution in [2.45, 2.75) is 44.7 Å². The zero-order chi connectivity index (χ0) is 19.4. The van der Waals surface area contributed by atoms with Crippen LogP contribution in [0, 0.1) is 5.82 Å². The molecule has 5 heteroatoms. The van der Waals surface area contributed by atoms with Crippen molar-refractivity contribution >= 4 is 11.9 Å². The predicted molar refractivity (Wildman–Crippen MR) is 101 cm³/mol. The number of methoxy groups -OCH3 is 1. The van der Waals surface area contributed by atoms with Gasteiger partial charge in [0.2, 0.25) is 0 Å². The number of carbonyl (C=O) groups excluding carboxylic acids is 2. The number of amides is 1. The van der Waals surface area contributed by atoms with Gasteiger partial charge in [0.1, 0.15) is 5.82 Å². The standard InChI is InChI=1S/C22H24FNO3/c1-15-6-12-20(13-9-16-7-10-19(23)11-8-16)24(15)21(25)17-4-3-5-18(14-17)22(26)27-2/h3-5,7-8,10-11,14-15,20H,6,9,12-13H2,1-2H3/t15-,20-/m1/s1. The smallest absolute Gasteiger partial charge is 0.337 e. The summed E-state index contributed by atoms with van der Waals surface area (Å²) in [7, 11) is 1.32. The summed E-state index contributed by atoms with van der Waals surface area (Å²) in [6, 6.07) is 13.5. The molecule has 27 heavy (non-hydrogen) atoms. The van der Waals surface area contributed by atoms with E-state index in [0.717, 1.165) is 31.2 Å². The fourth-order valence-electron chi connectivity index (χ4n) is 3.75. The number of esters is 1. The average molecular weight is 369 g/mol. The monoisotopic (exact) mass is 369 g/mol. The van der Waals surface area contributed by atoms with Crippen LogP contribution >= 0.6 is 0 Å². The summed E-state index contributed by atoms with van der Waals surface area (Å²) < 4.78 is 17.8. The molecule has 1 amide bonds. The van der Waals surface area contributed by atoms with Crippen molar-refractivity contribution in [3.8, 4) is 0 Å². The molecule has 1 aliphatic heterocycles. The SMILES string of the molecule is COC(=O)c1cccc(C(=O)N2[C@@H](CCc3ccc(F)cc3)CC[C@H]2C)c1. The highest BCUT2D eigenvalue weighted by Gasteiger charge is 2.34. The molecule has 0 bridgehead atoms. The Balaban J connectivity index is 1.73. The van der Waals surface area contributed by atoms with E-state index in [1.807, 2.05) is 4.90 Å². The Hall–Kier alpha value is -2.69. The molecule has 0 spiro atoms. The maximum atomic E-state index is 13.1. The Labute approximate surface area is 158 Å². The maximum Gasteiger partial charge on any atom is 0.337 e.